The van der Waals surface area contributed by atoms with Gasteiger partial charge in [-0.15, -0.1) is 0 Å². The Morgan fingerprint density at radius 2 is 0.487 bits per heavy atom. The molecule has 0 aliphatic rings. The van der Waals surface area contributed by atoms with Gasteiger partial charge >= 0.3 is 17.9 Å². The van der Waals surface area contributed by atoms with Crippen molar-refractivity contribution in [2.75, 3.05) is 13.2 Å². The summed E-state index contributed by atoms with van der Waals surface area (Å²) in [5.74, 6) is -0.891. The smallest absolute Gasteiger partial charge is 0.306 e. The van der Waals surface area contributed by atoms with Crippen LogP contribution in [0, 0.1) is 0 Å². The van der Waals surface area contributed by atoms with Crippen LogP contribution in [-0.2, 0) is 28.6 Å². The van der Waals surface area contributed by atoms with E-state index < -0.39 is 6.10 Å². The van der Waals surface area contributed by atoms with E-state index in [0.29, 0.717) is 19.3 Å². The van der Waals surface area contributed by atoms with Gasteiger partial charge < -0.3 is 14.2 Å². The van der Waals surface area contributed by atoms with E-state index in [-0.39, 0.29) is 31.1 Å². The molecule has 0 heterocycles. The van der Waals surface area contributed by atoms with Crippen molar-refractivity contribution < 1.29 is 28.6 Å². The standard InChI is InChI=1S/C74H124O6/c1-4-7-10-13-16-19-22-25-27-29-31-33-35-37-39-41-43-45-47-49-52-55-58-61-64-67-73(76)79-70-71(69-78-72(75)66-63-60-57-54-51-24-21-18-15-12-9-6-3)80-74(77)68-65-62-59-56-53-50-48-46-44-42-40-38-36-34-32-30-28-26-23-20-17-14-11-8-5-2/h7-8,10-11,16-17,19-20,25-28,31-34,37,39,43,45,71H,4-6,9,12-15,18,21-24,29-30,35-36,38,40-42,44,46-70H2,1-3H3/b10-7-,11-8-,19-16-,20-17-,27-25-,28-26-,33-31-,34-32-,39-37-,45-43-. The number of carbonyl (C=O) groups is 3. The molecule has 6 nitrogen and oxygen atoms in total. The normalized spacial score (nSPS) is 12.9. The lowest BCUT2D eigenvalue weighted by molar-refractivity contribution is -0.167. The molecule has 80 heavy (non-hydrogen) atoms. The fourth-order valence-electron chi connectivity index (χ4n) is 9.26. The van der Waals surface area contributed by atoms with Crippen LogP contribution in [0.5, 0.6) is 0 Å². The second-order valence-electron chi connectivity index (χ2n) is 22.0. The van der Waals surface area contributed by atoms with Crippen LogP contribution in [0.2, 0.25) is 0 Å². The highest BCUT2D eigenvalue weighted by atomic mass is 16.6. The number of esters is 3. The molecular weight excluding hydrogens is 985 g/mol. The van der Waals surface area contributed by atoms with Gasteiger partial charge in [0.2, 0.25) is 0 Å². The molecule has 0 N–H and O–H groups in total. The van der Waals surface area contributed by atoms with Gasteiger partial charge in [-0.25, -0.2) is 0 Å². The number of unbranched alkanes of at least 4 members (excludes halogenated alkanes) is 29. The van der Waals surface area contributed by atoms with Crippen LogP contribution in [0.1, 0.15) is 310 Å². The summed E-state index contributed by atoms with van der Waals surface area (Å²) in [5, 5.41) is 0. The SMILES string of the molecule is CC/C=C\C/C=C\C/C=C\C/C=C\C/C=C\C/C=C\CCCCCCCCC(=O)OCC(COC(=O)CCCCCCCCCCCCCC)OC(=O)CCCCCCCCCCCCCC/C=C\C/C=C\C/C=C\C/C=C\CC. The number of hydrogen-bond donors (Lipinski definition) is 0. The Bertz CT molecular complexity index is 1650. The summed E-state index contributed by atoms with van der Waals surface area (Å²) in [5.41, 5.74) is 0. The monoisotopic (exact) mass is 1110 g/mol. The van der Waals surface area contributed by atoms with E-state index in [4.69, 9.17) is 14.2 Å². The fourth-order valence-corrected chi connectivity index (χ4v) is 9.26. The van der Waals surface area contributed by atoms with Gasteiger partial charge in [-0.2, -0.15) is 0 Å². The molecule has 0 saturated carbocycles. The number of hydrogen-bond acceptors (Lipinski definition) is 6. The largest absolute Gasteiger partial charge is 0.462 e. The minimum atomic E-state index is -0.788. The first-order valence-corrected chi connectivity index (χ1v) is 33.5. The Balaban J connectivity index is 4.33. The van der Waals surface area contributed by atoms with Crippen LogP contribution in [0.3, 0.4) is 0 Å². The van der Waals surface area contributed by atoms with Gasteiger partial charge in [0.05, 0.1) is 0 Å². The summed E-state index contributed by atoms with van der Waals surface area (Å²) < 4.78 is 16.9. The molecule has 0 rings (SSSR count). The topological polar surface area (TPSA) is 78.9 Å². The molecule has 0 spiro atoms. The highest BCUT2D eigenvalue weighted by Gasteiger charge is 2.19. The van der Waals surface area contributed by atoms with Gasteiger partial charge in [-0.05, 0) is 109 Å². The highest BCUT2D eigenvalue weighted by Crippen LogP contribution is 2.16. The molecule has 0 aromatic heterocycles. The molecule has 0 amide bonds. The van der Waals surface area contributed by atoms with E-state index in [1.165, 1.54) is 135 Å². The van der Waals surface area contributed by atoms with E-state index in [1.54, 1.807) is 0 Å². The first kappa shape index (κ1) is 75.8. The molecule has 0 bridgehead atoms. The Kier molecular flexibility index (Phi) is 63.8. The second-order valence-corrected chi connectivity index (χ2v) is 22.0. The lowest BCUT2D eigenvalue weighted by atomic mass is 10.0. The Labute approximate surface area is 494 Å². The van der Waals surface area contributed by atoms with Crippen molar-refractivity contribution in [1.82, 2.24) is 0 Å². The molecule has 0 aromatic rings. The lowest BCUT2D eigenvalue weighted by Crippen LogP contribution is -2.30. The maximum absolute atomic E-state index is 12.9. The van der Waals surface area contributed by atoms with Crippen LogP contribution in [0.15, 0.2) is 122 Å². The van der Waals surface area contributed by atoms with Crippen LogP contribution >= 0.6 is 0 Å². The van der Waals surface area contributed by atoms with Crippen molar-refractivity contribution >= 4 is 17.9 Å². The van der Waals surface area contributed by atoms with E-state index in [0.717, 1.165) is 135 Å². The van der Waals surface area contributed by atoms with Crippen LogP contribution in [-0.4, -0.2) is 37.2 Å². The number of rotatable bonds is 60. The molecule has 0 aliphatic heterocycles. The van der Waals surface area contributed by atoms with Crippen LogP contribution < -0.4 is 0 Å². The molecular formula is C74H124O6. The maximum atomic E-state index is 12.9. The fraction of sp³-hybridized carbons (Fsp3) is 0.689. The zero-order chi connectivity index (χ0) is 57.8. The van der Waals surface area contributed by atoms with Crippen molar-refractivity contribution in [3.05, 3.63) is 122 Å². The highest BCUT2D eigenvalue weighted by molar-refractivity contribution is 5.71. The second kappa shape index (κ2) is 67.3. The molecule has 0 fully saturated rings. The summed E-state index contributed by atoms with van der Waals surface area (Å²) in [4.78, 5) is 38.4. The Morgan fingerprint density at radius 1 is 0.263 bits per heavy atom. The Morgan fingerprint density at radius 3 is 0.762 bits per heavy atom. The molecule has 0 saturated heterocycles. The molecule has 0 radical (unpaired) electrons. The third-order valence-corrected chi connectivity index (χ3v) is 14.2. The van der Waals surface area contributed by atoms with Gasteiger partial charge in [-0.1, -0.05) is 303 Å². The first-order valence-electron chi connectivity index (χ1n) is 33.5. The molecule has 6 heteroatoms. The molecule has 1 unspecified atom stereocenters. The average Bonchev–Trinajstić information content (AvgIpc) is 3.46. The van der Waals surface area contributed by atoms with Crippen molar-refractivity contribution in [2.45, 2.75) is 316 Å². The van der Waals surface area contributed by atoms with E-state index in [1.807, 2.05) is 0 Å². The van der Waals surface area contributed by atoms with Gasteiger partial charge in [0.25, 0.3) is 0 Å². The molecule has 456 valence electrons. The summed E-state index contributed by atoms with van der Waals surface area (Å²) in [6.45, 7) is 6.42. The average molecular weight is 1110 g/mol. The van der Waals surface area contributed by atoms with Crippen molar-refractivity contribution in [3.63, 3.8) is 0 Å². The minimum Gasteiger partial charge on any atom is -0.462 e. The predicted octanol–water partition coefficient (Wildman–Crippen LogP) is 23.2. The predicted molar refractivity (Wildman–Crippen MR) is 348 cm³/mol. The molecule has 0 aromatic carbocycles. The van der Waals surface area contributed by atoms with Crippen molar-refractivity contribution in [1.29, 1.82) is 0 Å². The van der Waals surface area contributed by atoms with Gasteiger partial charge in [0.15, 0.2) is 6.10 Å². The maximum Gasteiger partial charge on any atom is 0.306 e. The molecule has 1 atom stereocenters. The minimum absolute atomic E-state index is 0.0826. The summed E-state index contributed by atoms with van der Waals surface area (Å²) in [6.07, 6.45) is 93.5. The van der Waals surface area contributed by atoms with E-state index in [2.05, 4.69) is 142 Å². The van der Waals surface area contributed by atoms with E-state index in [9.17, 15) is 14.4 Å². The van der Waals surface area contributed by atoms with Crippen LogP contribution in [0.4, 0.5) is 0 Å². The quantitative estimate of drug-likeness (QED) is 0.0261. The van der Waals surface area contributed by atoms with Crippen molar-refractivity contribution in [3.8, 4) is 0 Å². The third kappa shape index (κ3) is 64.6. The number of allylic oxidation sites excluding steroid dienone is 20. The zero-order valence-electron chi connectivity index (χ0n) is 52.3. The van der Waals surface area contributed by atoms with Gasteiger partial charge in [0, 0.05) is 19.3 Å². The Hall–Kier alpha value is -4.19. The third-order valence-electron chi connectivity index (χ3n) is 14.2. The number of carbonyl (C=O) groups excluding carboxylic acids is 3. The van der Waals surface area contributed by atoms with Crippen molar-refractivity contribution in [2.24, 2.45) is 0 Å². The zero-order valence-corrected chi connectivity index (χ0v) is 52.3. The summed E-state index contributed by atoms with van der Waals surface area (Å²) >= 11 is 0. The van der Waals surface area contributed by atoms with Gasteiger partial charge in [0.1, 0.15) is 13.2 Å². The van der Waals surface area contributed by atoms with E-state index >= 15 is 0 Å². The number of ether oxygens (including phenoxy) is 3. The molecule has 0 aliphatic carbocycles. The first-order chi connectivity index (χ1) is 39.5. The summed E-state index contributed by atoms with van der Waals surface area (Å²) in [6, 6.07) is 0. The summed E-state index contributed by atoms with van der Waals surface area (Å²) in [7, 11) is 0. The van der Waals surface area contributed by atoms with Gasteiger partial charge in [-0.3, -0.25) is 14.4 Å². The lowest BCUT2D eigenvalue weighted by Gasteiger charge is -2.18. The van der Waals surface area contributed by atoms with Crippen LogP contribution in [0.25, 0.3) is 0 Å².